The summed E-state index contributed by atoms with van der Waals surface area (Å²) in [5.41, 5.74) is 1.86. The summed E-state index contributed by atoms with van der Waals surface area (Å²) in [6.45, 7) is 1.92. The van der Waals surface area contributed by atoms with E-state index in [1.54, 1.807) is 0 Å². The summed E-state index contributed by atoms with van der Waals surface area (Å²) in [7, 11) is 0. The lowest BCUT2D eigenvalue weighted by molar-refractivity contribution is 1.02. The molecule has 2 nitrogen and oxygen atoms in total. The number of pyridine rings is 1. The number of hydrogen-bond acceptors (Lipinski definition) is 1. The van der Waals surface area contributed by atoms with Crippen molar-refractivity contribution in [3.63, 3.8) is 0 Å². The molecule has 0 aliphatic carbocycles. The molecule has 1 unspecified atom stereocenters. The molecule has 0 spiro atoms. The molecule has 0 aliphatic heterocycles. The van der Waals surface area contributed by atoms with Crippen LogP contribution < -0.4 is 0 Å². The average Bonchev–Trinajstić information content (AvgIpc) is 2.46. The molecular weight excluding hydrogens is 172 g/mol. The predicted molar refractivity (Wildman–Crippen MR) is 49.5 cm³/mol. The van der Waals surface area contributed by atoms with E-state index in [1.807, 2.05) is 41.9 Å². The summed E-state index contributed by atoms with van der Waals surface area (Å²) >= 11 is 5.90. The lowest BCUT2D eigenvalue weighted by atomic mass is 10.4. The Morgan fingerprint density at radius 1 is 1.50 bits per heavy atom. The van der Waals surface area contributed by atoms with Crippen molar-refractivity contribution in [1.29, 1.82) is 0 Å². The average molecular weight is 181 g/mol. The topological polar surface area (TPSA) is 17.3 Å². The quantitative estimate of drug-likeness (QED) is 0.617. The highest BCUT2D eigenvalue weighted by Crippen LogP contribution is 2.18. The third kappa shape index (κ3) is 1.18. The minimum Gasteiger partial charge on any atom is -0.307 e. The molecule has 0 saturated carbocycles. The van der Waals surface area contributed by atoms with Gasteiger partial charge in [0.2, 0.25) is 0 Å². The molecule has 0 N–H and O–H groups in total. The van der Waals surface area contributed by atoms with E-state index in [9.17, 15) is 0 Å². The van der Waals surface area contributed by atoms with Crippen molar-refractivity contribution in [2.75, 3.05) is 0 Å². The van der Waals surface area contributed by atoms with Gasteiger partial charge in [0.25, 0.3) is 0 Å². The maximum Gasteiger partial charge on any atom is 0.137 e. The van der Waals surface area contributed by atoms with Crippen molar-refractivity contribution in [2.45, 2.75) is 12.3 Å². The van der Waals surface area contributed by atoms with Gasteiger partial charge in [-0.05, 0) is 19.1 Å². The number of hydrogen-bond donors (Lipinski definition) is 0. The summed E-state index contributed by atoms with van der Waals surface area (Å²) < 4.78 is 1.97. The lowest BCUT2D eigenvalue weighted by Gasteiger charge is -1.92. The van der Waals surface area contributed by atoms with Gasteiger partial charge in [0.05, 0.1) is 11.1 Å². The molecule has 3 heteroatoms. The Hall–Kier alpha value is -1.02. The smallest absolute Gasteiger partial charge is 0.137 e. The third-order valence-corrected chi connectivity index (χ3v) is 2.01. The molecule has 62 valence electrons. The Morgan fingerprint density at radius 2 is 2.33 bits per heavy atom. The first-order chi connectivity index (χ1) is 5.77. The first kappa shape index (κ1) is 7.62. The number of alkyl halides is 1. The van der Waals surface area contributed by atoms with Crippen molar-refractivity contribution >= 4 is 17.2 Å². The van der Waals surface area contributed by atoms with Crippen LogP contribution in [0.4, 0.5) is 0 Å². The fourth-order valence-corrected chi connectivity index (χ4v) is 1.25. The maximum atomic E-state index is 5.90. The summed E-state index contributed by atoms with van der Waals surface area (Å²) in [6.07, 6.45) is 3.91. The molecule has 0 aliphatic rings. The van der Waals surface area contributed by atoms with Crippen LogP contribution in [0, 0.1) is 0 Å². The highest BCUT2D eigenvalue weighted by molar-refractivity contribution is 6.20. The van der Waals surface area contributed by atoms with E-state index >= 15 is 0 Å². The second-order valence-electron chi connectivity index (χ2n) is 2.75. The van der Waals surface area contributed by atoms with Gasteiger partial charge < -0.3 is 4.40 Å². The largest absolute Gasteiger partial charge is 0.307 e. The molecule has 2 heterocycles. The van der Waals surface area contributed by atoms with Gasteiger partial charge in [-0.1, -0.05) is 6.07 Å². The molecule has 0 fully saturated rings. The van der Waals surface area contributed by atoms with Crippen molar-refractivity contribution in [1.82, 2.24) is 9.38 Å². The van der Waals surface area contributed by atoms with Crippen LogP contribution in [0.2, 0.25) is 0 Å². The minimum atomic E-state index is -0.0232. The van der Waals surface area contributed by atoms with E-state index in [0.29, 0.717) is 0 Å². The number of nitrogens with zero attached hydrogens (tertiary/aromatic N) is 2. The molecule has 0 saturated heterocycles. The first-order valence-corrected chi connectivity index (χ1v) is 4.29. The van der Waals surface area contributed by atoms with Gasteiger partial charge in [0.1, 0.15) is 5.65 Å². The molecule has 12 heavy (non-hydrogen) atoms. The Bertz CT molecular complexity index is 359. The Labute approximate surface area is 75.8 Å². The fraction of sp³-hybridized carbons (Fsp3) is 0.222. The van der Waals surface area contributed by atoms with E-state index < -0.39 is 0 Å². The molecule has 0 amide bonds. The summed E-state index contributed by atoms with van der Waals surface area (Å²) in [5.74, 6) is 0. The van der Waals surface area contributed by atoms with Crippen LogP contribution in [-0.4, -0.2) is 9.38 Å². The zero-order valence-electron chi connectivity index (χ0n) is 6.74. The second-order valence-corrected chi connectivity index (χ2v) is 3.40. The standard InChI is InChI=1S/C9H9ClN2/c1-7(10)8-6-12-5-3-2-4-9(12)11-8/h2-7H,1H3. The van der Waals surface area contributed by atoms with E-state index in [4.69, 9.17) is 11.6 Å². The fourth-order valence-electron chi connectivity index (χ4n) is 1.15. The molecule has 2 aromatic heterocycles. The molecule has 1 atom stereocenters. The minimum absolute atomic E-state index is 0.0232. The number of halogens is 1. The number of aromatic nitrogens is 2. The van der Waals surface area contributed by atoms with Crippen LogP contribution in [0.1, 0.15) is 18.0 Å². The highest BCUT2D eigenvalue weighted by Gasteiger charge is 2.05. The maximum absolute atomic E-state index is 5.90. The second kappa shape index (κ2) is 2.79. The predicted octanol–water partition coefficient (Wildman–Crippen LogP) is 2.63. The van der Waals surface area contributed by atoms with Crippen LogP contribution in [0.5, 0.6) is 0 Å². The van der Waals surface area contributed by atoms with Gasteiger partial charge in [-0.2, -0.15) is 0 Å². The van der Waals surface area contributed by atoms with Gasteiger partial charge in [-0.25, -0.2) is 4.98 Å². The van der Waals surface area contributed by atoms with Crippen LogP contribution in [-0.2, 0) is 0 Å². The monoisotopic (exact) mass is 180 g/mol. The highest BCUT2D eigenvalue weighted by atomic mass is 35.5. The zero-order chi connectivity index (χ0) is 8.55. The Morgan fingerprint density at radius 3 is 3.00 bits per heavy atom. The van der Waals surface area contributed by atoms with Crippen LogP contribution in [0.3, 0.4) is 0 Å². The summed E-state index contributed by atoms with van der Waals surface area (Å²) in [5, 5.41) is -0.0232. The molecule has 0 radical (unpaired) electrons. The van der Waals surface area contributed by atoms with E-state index in [1.165, 1.54) is 0 Å². The summed E-state index contributed by atoms with van der Waals surface area (Å²) in [6, 6.07) is 5.89. The summed E-state index contributed by atoms with van der Waals surface area (Å²) in [4.78, 5) is 4.34. The van der Waals surface area contributed by atoms with Gasteiger partial charge in [0, 0.05) is 12.4 Å². The van der Waals surface area contributed by atoms with Crippen molar-refractivity contribution in [3.05, 3.63) is 36.3 Å². The van der Waals surface area contributed by atoms with E-state index in [0.717, 1.165) is 11.3 Å². The van der Waals surface area contributed by atoms with E-state index in [2.05, 4.69) is 4.98 Å². The van der Waals surface area contributed by atoms with Gasteiger partial charge >= 0.3 is 0 Å². The van der Waals surface area contributed by atoms with Crippen molar-refractivity contribution < 1.29 is 0 Å². The SMILES string of the molecule is CC(Cl)c1cn2ccccc2n1. The van der Waals surface area contributed by atoms with Crippen LogP contribution in [0.15, 0.2) is 30.6 Å². The van der Waals surface area contributed by atoms with Crippen LogP contribution >= 0.6 is 11.6 Å². The van der Waals surface area contributed by atoms with Gasteiger partial charge in [0.15, 0.2) is 0 Å². The third-order valence-electron chi connectivity index (χ3n) is 1.79. The molecule has 0 aromatic carbocycles. The van der Waals surface area contributed by atoms with Gasteiger partial charge in [-0.3, -0.25) is 0 Å². The Kier molecular flexibility index (Phi) is 1.77. The van der Waals surface area contributed by atoms with Crippen molar-refractivity contribution in [3.8, 4) is 0 Å². The van der Waals surface area contributed by atoms with Crippen LogP contribution in [0.25, 0.3) is 5.65 Å². The number of fused-ring (bicyclic) bond motifs is 1. The number of rotatable bonds is 1. The molecule has 2 aromatic rings. The van der Waals surface area contributed by atoms with E-state index in [-0.39, 0.29) is 5.38 Å². The van der Waals surface area contributed by atoms with Gasteiger partial charge in [-0.15, -0.1) is 11.6 Å². The zero-order valence-corrected chi connectivity index (χ0v) is 7.49. The molecule has 2 rings (SSSR count). The molecular formula is C9H9ClN2. The Balaban J connectivity index is 2.62. The molecule has 0 bridgehead atoms. The first-order valence-electron chi connectivity index (χ1n) is 3.85. The lowest BCUT2D eigenvalue weighted by Crippen LogP contribution is -1.81. The van der Waals surface area contributed by atoms with Crippen molar-refractivity contribution in [2.24, 2.45) is 0 Å². The number of imidazole rings is 1. The normalized spacial score (nSPS) is 13.5.